The standard InChI is InChI=1S/C15H20N6O/c1-12-10-13(2)21(18-12)11-14(22)19-6-8-20(9-7-19)15-16-4-3-5-17-15/h3-5,10H,6-9,11H2,1-2H3. The van der Waals surface area contributed by atoms with Crippen molar-refractivity contribution in [3.8, 4) is 0 Å². The van der Waals surface area contributed by atoms with Crippen LogP contribution in [0.4, 0.5) is 5.95 Å². The lowest BCUT2D eigenvalue weighted by Gasteiger charge is -2.34. The molecule has 1 aliphatic rings. The summed E-state index contributed by atoms with van der Waals surface area (Å²) in [5.41, 5.74) is 1.96. The molecule has 1 amide bonds. The first kappa shape index (κ1) is 14.5. The highest BCUT2D eigenvalue weighted by Crippen LogP contribution is 2.10. The van der Waals surface area contributed by atoms with Crippen molar-refractivity contribution in [3.05, 3.63) is 35.9 Å². The van der Waals surface area contributed by atoms with Crippen molar-refractivity contribution in [2.45, 2.75) is 20.4 Å². The number of anilines is 1. The molecule has 3 heterocycles. The molecule has 1 aliphatic heterocycles. The predicted molar refractivity (Wildman–Crippen MR) is 82.5 cm³/mol. The zero-order chi connectivity index (χ0) is 15.5. The molecule has 0 unspecified atom stereocenters. The second kappa shape index (κ2) is 6.13. The van der Waals surface area contributed by atoms with Crippen molar-refractivity contribution in [3.63, 3.8) is 0 Å². The van der Waals surface area contributed by atoms with Crippen LogP contribution in [0.3, 0.4) is 0 Å². The summed E-state index contributed by atoms with van der Waals surface area (Å²) < 4.78 is 1.77. The molecule has 7 heteroatoms. The van der Waals surface area contributed by atoms with Gasteiger partial charge in [-0.05, 0) is 26.0 Å². The van der Waals surface area contributed by atoms with Crippen molar-refractivity contribution < 1.29 is 4.79 Å². The molecule has 116 valence electrons. The van der Waals surface area contributed by atoms with E-state index in [0.717, 1.165) is 30.4 Å². The van der Waals surface area contributed by atoms with Gasteiger partial charge in [-0.3, -0.25) is 9.48 Å². The van der Waals surface area contributed by atoms with Gasteiger partial charge in [-0.15, -0.1) is 0 Å². The summed E-state index contributed by atoms with van der Waals surface area (Å²) in [7, 11) is 0. The number of piperazine rings is 1. The number of hydrogen-bond acceptors (Lipinski definition) is 5. The Morgan fingerprint density at radius 1 is 1.14 bits per heavy atom. The molecule has 2 aromatic rings. The van der Waals surface area contributed by atoms with Crippen LogP contribution in [0.2, 0.25) is 0 Å². The van der Waals surface area contributed by atoms with E-state index in [1.165, 1.54) is 0 Å². The maximum atomic E-state index is 12.4. The fourth-order valence-corrected chi connectivity index (χ4v) is 2.67. The van der Waals surface area contributed by atoms with Gasteiger partial charge in [0.05, 0.1) is 5.69 Å². The summed E-state index contributed by atoms with van der Waals surface area (Å²) in [6.07, 6.45) is 3.48. The highest BCUT2D eigenvalue weighted by atomic mass is 16.2. The van der Waals surface area contributed by atoms with Gasteiger partial charge in [0.2, 0.25) is 11.9 Å². The normalized spacial score (nSPS) is 15.2. The Bertz CT molecular complexity index is 645. The fourth-order valence-electron chi connectivity index (χ4n) is 2.67. The lowest BCUT2D eigenvalue weighted by molar-refractivity contribution is -0.132. The molecule has 0 spiro atoms. The minimum atomic E-state index is 0.111. The van der Waals surface area contributed by atoms with Crippen LogP contribution in [0, 0.1) is 13.8 Å². The number of rotatable bonds is 3. The molecular formula is C15H20N6O. The Labute approximate surface area is 129 Å². The Morgan fingerprint density at radius 2 is 1.82 bits per heavy atom. The first-order chi connectivity index (χ1) is 10.6. The van der Waals surface area contributed by atoms with Crippen molar-refractivity contribution in [1.82, 2.24) is 24.6 Å². The van der Waals surface area contributed by atoms with Gasteiger partial charge in [0.25, 0.3) is 0 Å². The van der Waals surface area contributed by atoms with Gasteiger partial charge in [0.15, 0.2) is 0 Å². The maximum absolute atomic E-state index is 12.4. The SMILES string of the molecule is Cc1cc(C)n(CC(=O)N2CCN(c3ncccn3)CC2)n1. The minimum Gasteiger partial charge on any atom is -0.338 e. The maximum Gasteiger partial charge on any atom is 0.244 e. The van der Waals surface area contributed by atoms with E-state index in [1.54, 1.807) is 23.1 Å². The summed E-state index contributed by atoms with van der Waals surface area (Å²) in [6.45, 7) is 7.11. The van der Waals surface area contributed by atoms with E-state index in [2.05, 4.69) is 20.0 Å². The fraction of sp³-hybridized carbons (Fsp3) is 0.467. The number of amides is 1. The van der Waals surface area contributed by atoms with Crippen LogP contribution in [0.25, 0.3) is 0 Å². The average Bonchev–Trinajstić information content (AvgIpc) is 2.86. The highest BCUT2D eigenvalue weighted by Gasteiger charge is 2.23. The zero-order valence-electron chi connectivity index (χ0n) is 12.9. The Balaban J connectivity index is 1.57. The third kappa shape index (κ3) is 3.08. The van der Waals surface area contributed by atoms with E-state index >= 15 is 0 Å². The zero-order valence-corrected chi connectivity index (χ0v) is 12.9. The number of carbonyl (C=O) groups is 1. The molecule has 7 nitrogen and oxygen atoms in total. The lowest BCUT2D eigenvalue weighted by atomic mass is 10.3. The second-order valence-corrected chi connectivity index (χ2v) is 5.50. The number of aryl methyl sites for hydroxylation is 2. The van der Waals surface area contributed by atoms with E-state index in [4.69, 9.17) is 0 Å². The number of aromatic nitrogens is 4. The monoisotopic (exact) mass is 300 g/mol. The van der Waals surface area contributed by atoms with Gasteiger partial charge in [0, 0.05) is 44.3 Å². The first-order valence-electron chi connectivity index (χ1n) is 7.44. The Hall–Kier alpha value is -2.44. The average molecular weight is 300 g/mol. The van der Waals surface area contributed by atoms with Crippen LogP contribution in [0.15, 0.2) is 24.5 Å². The molecule has 0 atom stereocenters. The topological polar surface area (TPSA) is 67.2 Å². The van der Waals surface area contributed by atoms with Crippen LogP contribution in [-0.4, -0.2) is 56.7 Å². The molecule has 3 rings (SSSR count). The summed E-state index contributed by atoms with van der Waals surface area (Å²) in [4.78, 5) is 24.9. The largest absolute Gasteiger partial charge is 0.338 e. The molecule has 0 radical (unpaired) electrons. The third-order valence-electron chi connectivity index (χ3n) is 3.86. The molecule has 0 saturated carbocycles. The van der Waals surface area contributed by atoms with Gasteiger partial charge in [-0.2, -0.15) is 5.10 Å². The van der Waals surface area contributed by atoms with Crippen LogP contribution >= 0.6 is 0 Å². The molecule has 0 aromatic carbocycles. The van der Waals surface area contributed by atoms with Crippen LogP contribution in [-0.2, 0) is 11.3 Å². The molecule has 2 aromatic heterocycles. The van der Waals surface area contributed by atoms with Crippen molar-refractivity contribution in [2.75, 3.05) is 31.1 Å². The molecule has 0 N–H and O–H groups in total. The van der Waals surface area contributed by atoms with Crippen LogP contribution in [0.5, 0.6) is 0 Å². The highest BCUT2D eigenvalue weighted by molar-refractivity contribution is 5.76. The third-order valence-corrected chi connectivity index (χ3v) is 3.86. The van der Waals surface area contributed by atoms with Gasteiger partial charge in [-0.1, -0.05) is 0 Å². The minimum absolute atomic E-state index is 0.111. The van der Waals surface area contributed by atoms with E-state index in [-0.39, 0.29) is 5.91 Å². The number of hydrogen-bond donors (Lipinski definition) is 0. The Kier molecular flexibility index (Phi) is 4.04. The molecule has 0 aliphatic carbocycles. The number of nitrogens with zero attached hydrogens (tertiary/aromatic N) is 6. The van der Waals surface area contributed by atoms with Crippen molar-refractivity contribution in [1.29, 1.82) is 0 Å². The smallest absolute Gasteiger partial charge is 0.244 e. The Morgan fingerprint density at radius 3 is 2.41 bits per heavy atom. The molecule has 1 fully saturated rings. The summed E-state index contributed by atoms with van der Waals surface area (Å²) >= 11 is 0. The van der Waals surface area contributed by atoms with Gasteiger partial charge in [0.1, 0.15) is 6.54 Å². The quantitative estimate of drug-likeness (QED) is 0.832. The van der Waals surface area contributed by atoms with Crippen molar-refractivity contribution >= 4 is 11.9 Å². The lowest BCUT2D eigenvalue weighted by Crippen LogP contribution is -2.50. The van der Waals surface area contributed by atoms with Crippen LogP contribution < -0.4 is 4.90 Å². The van der Waals surface area contributed by atoms with E-state index in [9.17, 15) is 4.79 Å². The number of carbonyl (C=O) groups excluding carboxylic acids is 1. The summed E-state index contributed by atoms with van der Waals surface area (Å²) in [5.74, 6) is 0.841. The molecule has 0 bridgehead atoms. The van der Waals surface area contributed by atoms with E-state index in [1.807, 2.05) is 24.8 Å². The summed E-state index contributed by atoms with van der Waals surface area (Å²) in [5, 5.41) is 4.35. The van der Waals surface area contributed by atoms with E-state index in [0.29, 0.717) is 19.6 Å². The molecule has 22 heavy (non-hydrogen) atoms. The van der Waals surface area contributed by atoms with E-state index < -0.39 is 0 Å². The van der Waals surface area contributed by atoms with Gasteiger partial charge >= 0.3 is 0 Å². The predicted octanol–water partition coefficient (Wildman–Crippen LogP) is 0.639. The van der Waals surface area contributed by atoms with Gasteiger partial charge in [-0.25, -0.2) is 9.97 Å². The molecular weight excluding hydrogens is 280 g/mol. The van der Waals surface area contributed by atoms with Gasteiger partial charge < -0.3 is 9.80 Å². The summed E-state index contributed by atoms with van der Waals surface area (Å²) in [6, 6.07) is 3.79. The first-order valence-corrected chi connectivity index (χ1v) is 7.44. The molecule has 1 saturated heterocycles. The van der Waals surface area contributed by atoms with Crippen molar-refractivity contribution in [2.24, 2.45) is 0 Å². The second-order valence-electron chi connectivity index (χ2n) is 5.50. The van der Waals surface area contributed by atoms with Crippen LogP contribution in [0.1, 0.15) is 11.4 Å².